The molecule has 0 aliphatic rings. The largest absolute Gasteiger partial charge is 0.324 e. The maximum Gasteiger partial charge on any atom is 0.271 e. The maximum atomic E-state index is 12.4. The second-order valence-corrected chi connectivity index (χ2v) is 7.26. The minimum atomic E-state index is -0.539. The van der Waals surface area contributed by atoms with Crippen LogP contribution in [0.4, 0.5) is 11.4 Å². The number of thiazole rings is 1. The fourth-order valence-electron chi connectivity index (χ4n) is 2.78. The summed E-state index contributed by atoms with van der Waals surface area (Å²) < 4.78 is 1.89. The summed E-state index contributed by atoms with van der Waals surface area (Å²) >= 11 is 7.49. The Labute approximate surface area is 168 Å². The quantitative estimate of drug-likeness (QED) is 0.376. The monoisotopic (exact) mass is 412 g/mol. The summed E-state index contributed by atoms with van der Waals surface area (Å²) in [4.78, 5) is 28.1. The van der Waals surface area contributed by atoms with Crippen LogP contribution in [-0.2, 0) is 11.2 Å². The van der Waals surface area contributed by atoms with Crippen molar-refractivity contribution in [2.24, 2.45) is 0 Å². The second-order valence-electron chi connectivity index (χ2n) is 6.02. The summed E-state index contributed by atoms with van der Waals surface area (Å²) in [5.74, 6) is -0.273. The molecule has 0 radical (unpaired) electrons. The van der Waals surface area contributed by atoms with Gasteiger partial charge in [-0.2, -0.15) is 0 Å². The van der Waals surface area contributed by atoms with Crippen molar-refractivity contribution in [2.75, 3.05) is 5.32 Å². The highest BCUT2D eigenvalue weighted by Gasteiger charge is 2.15. The third-order valence-corrected chi connectivity index (χ3v) is 5.33. The third kappa shape index (κ3) is 3.60. The molecule has 2 aromatic heterocycles. The zero-order valence-corrected chi connectivity index (χ0v) is 15.9. The van der Waals surface area contributed by atoms with Crippen LogP contribution in [0.3, 0.4) is 0 Å². The predicted octanol–water partition coefficient (Wildman–Crippen LogP) is 4.81. The van der Waals surface area contributed by atoms with E-state index in [9.17, 15) is 14.9 Å². The van der Waals surface area contributed by atoms with Crippen LogP contribution in [0.2, 0.25) is 5.02 Å². The number of carbonyl (C=O) groups excluding carboxylic acids is 1. The van der Waals surface area contributed by atoms with Gasteiger partial charge in [0.25, 0.3) is 5.69 Å². The van der Waals surface area contributed by atoms with Crippen molar-refractivity contribution in [3.63, 3.8) is 0 Å². The van der Waals surface area contributed by atoms with Crippen LogP contribution in [0.25, 0.3) is 16.2 Å². The molecular weight excluding hydrogens is 400 g/mol. The summed E-state index contributed by atoms with van der Waals surface area (Å²) in [6.07, 6.45) is 2.03. The molecule has 9 heteroatoms. The van der Waals surface area contributed by atoms with Gasteiger partial charge in [-0.1, -0.05) is 41.9 Å². The normalized spacial score (nSPS) is 10.9. The number of anilines is 1. The Balaban J connectivity index is 1.53. The smallest absolute Gasteiger partial charge is 0.271 e. The molecule has 0 bridgehead atoms. The molecule has 0 spiro atoms. The lowest BCUT2D eigenvalue weighted by molar-refractivity contribution is -0.384. The molecule has 0 aliphatic carbocycles. The molecule has 0 aliphatic heterocycles. The number of nitrogens with zero attached hydrogens (tertiary/aromatic N) is 3. The number of halogens is 1. The molecule has 0 fully saturated rings. The molecule has 7 nitrogen and oxygen atoms in total. The lowest BCUT2D eigenvalue weighted by Gasteiger charge is -2.06. The van der Waals surface area contributed by atoms with E-state index in [1.165, 1.54) is 29.5 Å². The zero-order valence-electron chi connectivity index (χ0n) is 14.3. The van der Waals surface area contributed by atoms with Crippen molar-refractivity contribution >= 4 is 45.2 Å². The Hall–Kier alpha value is -3.23. The molecule has 0 unspecified atom stereocenters. The van der Waals surface area contributed by atoms with Crippen LogP contribution in [0.5, 0.6) is 0 Å². The SMILES string of the molecule is O=C(Cc1csc2nc(-c3ccccc3)cn12)Nc1ccc([N+](=O)[O-])cc1Cl. The number of carbonyl (C=O) groups is 1. The number of nitrogens with one attached hydrogen (secondary N) is 1. The molecule has 4 rings (SSSR count). The van der Waals surface area contributed by atoms with Crippen LogP contribution in [0.15, 0.2) is 60.1 Å². The van der Waals surface area contributed by atoms with E-state index in [-0.39, 0.29) is 23.0 Å². The zero-order chi connectivity index (χ0) is 19.7. The molecule has 0 saturated carbocycles. The molecular formula is C19H13ClN4O3S. The van der Waals surface area contributed by atoms with Crippen molar-refractivity contribution in [3.8, 4) is 11.3 Å². The summed E-state index contributed by atoms with van der Waals surface area (Å²) in [5.41, 5.74) is 2.85. The van der Waals surface area contributed by atoms with Gasteiger partial charge >= 0.3 is 0 Å². The first-order valence-corrected chi connectivity index (χ1v) is 9.52. The predicted molar refractivity (Wildman–Crippen MR) is 109 cm³/mol. The van der Waals surface area contributed by atoms with E-state index in [4.69, 9.17) is 11.6 Å². The minimum Gasteiger partial charge on any atom is -0.324 e. The summed E-state index contributed by atoms with van der Waals surface area (Å²) in [5, 5.41) is 15.5. The number of non-ortho nitro benzene ring substituents is 1. The van der Waals surface area contributed by atoms with Gasteiger partial charge in [0.2, 0.25) is 5.91 Å². The average Bonchev–Trinajstić information content (AvgIpc) is 3.26. The number of nitro groups is 1. The van der Waals surface area contributed by atoms with E-state index < -0.39 is 4.92 Å². The van der Waals surface area contributed by atoms with Gasteiger partial charge < -0.3 is 5.32 Å². The van der Waals surface area contributed by atoms with Gasteiger partial charge in [0.1, 0.15) is 0 Å². The third-order valence-electron chi connectivity index (χ3n) is 4.13. The van der Waals surface area contributed by atoms with Gasteiger partial charge in [0.15, 0.2) is 4.96 Å². The number of nitro benzene ring substituents is 1. The van der Waals surface area contributed by atoms with E-state index in [2.05, 4.69) is 10.3 Å². The van der Waals surface area contributed by atoms with Crippen molar-refractivity contribution in [1.29, 1.82) is 0 Å². The van der Waals surface area contributed by atoms with Crippen LogP contribution in [-0.4, -0.2) is 20.2 Å². The first kappa shape index (κ1) is 18.1. The van der Waals surface area contributed by atoms with Crippen LogP contribution in [0.1, 0.15) is 5.69 Å². The van der Waals surface area contributed by atoms with Crippen LogP contribution >= 0.6 is 22.9 Å². The first-order valence-electron chi connectivity index (χ1n) is 8.26. The lowest BCUT2D eigenvalue weighted by Crippen LogP contribution is -2.15. The number of amides is 1. The van der Waals surface area contributed by atoms with Crippen molar-refractivity contribution in [3.05, 3.63) is 80.9 Å². The number of rotatable bonds is 5. The molecule has 1 amide bonds. The van der Waals surface area contributed by atoms with E-state index in [0.717, 1.165) is 21.9 Å². The van der Waals surface area contributed by atoms with E-state index in [0.29, 0.717) is 5.69 Å². The van der Waals surface area contributed by atoms with Gasteiger partial charge in [-0.05, 0) is 6.07 Å². The Morgan fingerprint density at radius 3 is 2.75 bits per heavy atom. The number of hydrogen-bond acceptors (Lipinski definition) is 5. The summed E-state index contributed by atoms with van der Waals surface area (Å²) in [6.45, 7) is 0. The second kappa shape index (κ2) is 7.41. The van der Waals surface area contributed by atoms with Gasteiger partial charge in [-0.25, -0.2) is 4.98 Å². The summed E-state index contributed by atoms with van der Waals surface area (Å²) in [7, 11) is 0. The fraction of sp³-hybridized carbons (Fsp3) is 0.0526. The van der Waals surface area contributed by atoms with Crippen molar-refractivity contribution < 1.29 is 9.72 Å². The first-order chi connectivity index (χ1) is 13.5. The molecule has 28 heavy (non-hydrogen) atoms. The lowest BCUT2D eigenvalue weighted by atomic mass is 10.2. The molecule has 0 atom stereocenters. The molecule has 0 saturated heterocycles. The Morgan fingerprint density at radius 2 is 2.04 bits per heavy atom. The Bertz CT molecular complexity index is 1190. The van der Waals surface area contributed by atoms with Gasteiger partial charge in [0, 0.05) is 35.0 Å². The molecule has 140 valence electrons. The number of fused-ring (bicyclic) bond motifs is 1. The number of hydrogen-bond donors (Lipinski definition) is 1. The highest BCUT2D eigenvalue weighted by atomic mass is 35.5. The molecule has 1 N–H and O–H groups in total. The maximum absolute atomic E-state index is 12.4. The molecule has 2 aromatic carbocycles. The fourth-order valence-corrected chi connectivity index (χ4v) is 3.88. The standard InChI is InChI=1S/C19H13ClN4O3S/c20-15-8-13(24(26)27)6-7-16(15)21-18(25)9-14-11-28-19-22-17(10-23(14)19)12-4-2-1-3-5-12/h1-8,10-11H,9H2,(H,21,25). The van der Waals surface area contributed by atoms with E-state index in [1.807, 2.05) is 46.3 Å². The molecule has 4 aromatic rings. The number of imidazole rings is 1. The van der Waals surface area contributed by atoms with E-state index >= 15 is 0 Å². The van der Waals surface area contributed by atoms with E-state index in [1.54, 1.807) is 0 Å². The number of aromatic nitrogens is 2. The highest BCUT2D eigenvalue weighted by Crippen LogP contribution is 2.27. The Kier molecular flexibility index (Phi) is 4.81. The Morgan fingerprint density at radius 1 is 1.25 bits per heavy atom. The van der Waals surface area contributed by atoms with Crippen LogP contribution < -0.4 is 5.32 Å². The molecule has 2 heterocycles. The minimum absolute atomic E-state index is 0.118. The topological polar surface area (TPSA) is 89.5 Å². The van der Waals surface area contributed by atoms with Gasteiger partial charge in [-0.3, -0.25) is 19.3 Å². The highest BCUT2D eigenvalue weighted by molar-refractivity contribution is 7.15. The average molecular weight is 413 g/mol. The van der Waals surface area contributed by atoms with Crippen molar-refractivity contribution in [1.82, 2.24) is 9.38 Å². The van der Waals surface area contributed by atoms with Crippen molar-refractivity contribution in [2.45, 2.75) is 6.42 Å². The van der Waals surface area contributed by atoms with Gasteiger partial charge in [0.05, 0.1) is 27.7 Å². The number of benzene rings is 2. The van der Waals surface area contributed by atoms with Crippen LogP contribution in [0, 0.1) is 10.1 Å². The van der Waals surface area contributed by atoms with Gasteiger partial charge in [-0.15, -0.1) is 11.3 Å². The summed E-state index contributed by atoms with van der Waals surface area (Å²) in [6, 6.07) is 13.7.